The van der Waals surface area contributed by atoms with E-state index in [1.54, 1.807) is 53.2 Å². The third-order valence-corrected chi connectivity index (χ3v) is 7.28. The molecule has 1 aliphatic rings. The third-order valence-electron chi connectivity index (χ3n) is 5.85. The Morgan fingerprint density at radius 3 is 2.47 bits per heavy atom. The number of anilines is 2. The predicted molar refractivity (Wildman–Crippen MR) is 132 cm³/mol. The van der Waals surface area contributed by atoms with Gasteiger partial charge in [-0.2, -0.15) is 0 Å². The van der Waals surface area contributed by atoms with Gasteiger partial charge in [-0.15, -0.1) is 0 Å². The molecule has 3 rings (SSSR count). The molecule has 1 unspecified atom stereocenters. The van der Waals surface area contributed by atoms with E-state index in [0.717, 1.165) is 19.3 Å². The van der Waals surface area contributed by atoms with Crippen LogP contribution in [0.3, 0.4) is 0 Å². The average molecular weight is 492 g/mol. The van der Waals surface area contributed by atoms with Crippen molar-refractivity contribution < 1.29 is 27.8 Å². The van der Waals surface area contributed by atoms with E-state index in [-0.39, 0.29) is 11.4 Å². The van der Waals surface area contributed by atoms with E-state index in [1.165, 1.54) is 13.2 Å². The van der Waals surface area contributed by atoms with Gasteiger partial charge in [0.1, 0.15) is 22.4 Å². The van der Waals surface area contributed by atoms with Gasteiger partial charge in [0.15, 0.2) is 0 Å². The molecule has 1 atom stereocenters. The number of nitrogens with zero attached hydrogens (tertiary/aromatic N) is 2. The fourth-order valence-corrected chi connectivity index (χ4v) is 5.10. The molecule has 0 aliphatic carbocycles. The first-order valence-corrected chi connectivity index (χ1v) is 12.8. The monoisotopic (exact) mass is 491 g/mol. The van der Waals surface area contributed by atoms with Crippen LogP contribution in [0.15, 0.2) is 47.4 Å². The molecule has 0 amide bonds. The van der Waals surface area contributed by atoms with Crippen molar-refractivity contribution >= 4 is 27.4 Å². The molecule has 10 heteroatoms. The summed E-state index contributed by atoms with van der Waals surface area (Å²) in [5.41, 5.74) is 0.812. The summed E-state index contributed by atoms with van der Waals surface area (Å²) >= 11 is 0. The van der Waals surface area contributed by atoms with E-state index in [2.05, 4.69) is 11.6 Å². The van der Waals surface area contributed by atoms with Crippen LogP contribution in [0, 0.1) is 0 Å². The summed E-state index contributed by atoms with van der Waals surface area (Å²) in [6, 6.07) is 10.7. The summed E-state index contributed by atoms with van der Waals surface area (Å²) in [6.07, 6.45) is 3.19. The summed E-state index contributed by atoms with van der Waals surface area (Å²) in [4.78, 5) is 15.3. The number of rotatable bonds is 11. The highest BCUT2D eigenvalue weighted by Gasteiger charge is 2.32. The summed E-state index contributed by atoms with van der Waals surface area (Å²) in [7, 11) is -0.706. The van der Waals surface area contributed by atoms with Crippen molar-refractivity contribution in [2.75, 3.05) is 50.0 Å². The van der Waals surface area contributed by atoms with Gasteiger partial charge < -0.3 is 19.5 Å². The van der Waals surface area contributed by atoms with Crippen molar-refractivity contribution in [3.8, 4) is 11.5 Å². The molecule has 0 radical (unpaired) electrons. The van der Waals surface area contributed by atoms with E-state index in [1.807, 2.05) is 0 Å². The first-order valence-electron chi connectivity index (χ1n) is 11.4. The zero-order chi connectivity index (χ0) is 24.7. The van der Waals surface area contributed by atoms with Crippen molar-refractivity contribution in [2.45, 2.75) is 37.1 Å². The number of piperazine rings is 1. The fraction of sp³-hybridized carbons (Fsp3) is 0.458. The standard InChI is InChI=1S/C24H33N3O6S/c1-4-5-6-15-33-19-9-7-18(8-10-19)25-34(30,31)23-12-11-20(32-3)16-21(23)27-14-13-26(2)22(17-27)24(28)29/h7-12,16,22,25H,4-6,13-15,17H2,1-3H3,(H,28,29). The van der Waals surface area contributed by atoms with Gasteiger partial charge in [-0.05, 0) is 49.9 Å². The second-order valence-corrected chi connectivity index (χ2v) is 9.95. The number of hydrogen-bond acceptors (Lipinski definition) is 7. The molecule has 1 saturated heterocycles. The van der Waals surface area contributed by atoms with Crippen LogP contribution in [0.5, 0.6) is 11.5 Å². The Bertz CT molecular complexity index is 1070. The number of sulfonamides is 1. The number of carbonyl (C=O) groups is 1. The van der Waals surface area contributed by atoms with Crippen molar-refractivity contribution in [1.29, 1.82) is 0 Å². The smallest absolute Gasteiger partial charge is 0.322 e. The number of aliphatic carboxylic acids is 1. The zero-order valence-electron chi connectivity index (χ0n) is 19.9. The van der Waals surface area contributed by atoms with Gasteiger partial charge in [-0.3, -0.25) is 14.4 Å². The van der Waals surface area contributed by atoms with Crippen molar-refractivity contribution in [1.82, 2.24) is 4.90 Å². The van der Waals surface area contributed by atoms with Crippen LogP contribution in [0.2, 0.25) is 0 Å². The number of nitrogens with one attached hydrogen (secondary N) is 1. The number of carboxylic acid groups (broad SMARTS) is 1. The molecule has 2 N–H and O–H groups in total. The molecule has 9 nitrogen and oxygen atoms in total. The van der Waals surface area contributed by atoms with Gasteiger partial charge in [0.05, 0.1) is 19.4 Å². The maximum Gasteiger partial charge on any atom is 0.322 e. The Labute approximate surface area is 201 Å². The molecule has 2 aromatic carbocycles. The summed E-state index contributed by atoms with van der Waals surface area (Å²) in [6.45, 7) is 3.88. The molecule has 1 fully saturated rings. The minimum atomic E-state index is -3.96. The molecule has 1 heterocycles. The lowest BCUT2D eigenvalue weighted by atomic mass is 10.1. The van der Waals surface area contributed by atoms with Crippen molar-refractivity contribution in [3.63, 3.8) is 0 Å². The lowest BCUT2D eigenvalue weighted by Gasteiger charge is -2.39. The summed E-state index contributed by atoms with van der Waals surface area (Å²) in [5.74, 6) is 0.222. The number of ether oxygens (including phenoxy) is 2. The Kier molecular flexibility index (Phi) is 8.62. The molecule has 0 spiro atoms. The quantitative estimate of drug-likeness (QED) is 0.461. The molecule has 2 aromatic rings. The van der Waals surface area contributed by atoms with Crippen molar-refractivity contribution in [3.05, 3.63) is 42.5 Å². The largest absolute Gasteiger partial charge is 0.497 e. The van der Waals surface area contributed by atoms with Crippen LogP contribution in [0.1, 0.15) is 26.2 Å². The van der Waals surface area contributed by atoms with Gasteiger partial charge in [0.25, 0.3) is 10.0 Å². The first kappa shape index (κ1) is 25.6. The summed E-state index contributed by atoms with van der Waals surface area (Å²) in [5, 5.41) is 9.57. The Balaban J connectivity index is 1.82. The highest BCUT2D eigenvalue weighted by molar-refractivity contribution is 7.92. The van der Waals surface area contributed by atoms with Gasteiger partial charge in [-0.1, -0.05) is 19.8 Å². The SMILES string of the molecule is CCCCCOc1ccc(NS(=O)(=O)c2ccc(OC)cc2N2CCN(C)C(C(=O)O)C2)cc1. The third kappa shape index (κ3) is 6.32. The van der Waals surface area contributed by atoms with Crippen LogP contribution < -0.4 is 19.1 Å². The summed E-state index contributed by atoms with van der Waals surface area (Å²) < 4.78 is 40.3. The number of carboxylic acids is 1. The lowest BCUT2D eigenvalue weighted by Crippen LogP contribution is -2.55. The maximum atomic E-state index is 13.3. The zero-order valence-corrected chi connectivity index (χ0v) is 20.7. The molecular weight excluding hydrogens is 458 g/mol. The fourth-order valence-electron chi connectivity index (χ4n) is 3.83. The molecule has 186 valence electrons. The first-order chi connectivity index (χ1) is 16.2. The molecular formula is C24H33N3O6S. The number of methoxy groups -OCH3 is 1. The highest BCUT2D eigenvalue weighted by atomic mass is 32.2. The average Bonchev–Trinajstić information content (AvgIpc) is 2.82. The second kappa shape index (κ2) is 11.4. The maximum absolute atomic E-state index is 13.3. The predicted octanol–water partition coefficient (Wildman–Crippen LogP) is 3.27. The Morgan fingerprint density at radius 2 is 1.82 bits per heavy atom. The van der Waals surface area contributed by atoms with Crippen molar-refractivity contribution in [2.24, 2.45) is 0 Å². The number of likely N-dealkylation sites (N-methyl/N-ethyl adjacent to an activating group) is 1. The van der Waals surface area contributed by atoms with E-state index in [4.69, 9.17) is 9.47 Å². The van der Waals surface area contributed by atoms with E-state index >= 15 is 0 Å². The molecule has 34 heavy (non-hydrogen) atoms. The Morgan fingerprint density at radius 1 is 1.12 bits per heavy atom. The van der Waals surface area contributed by atoms with E-state index in [9.17, 15) is 18.3 Å². The highest BCUT2D eigenvalue weighted by Crippen LogP contribution is 2.32. The van der Waals surface area contributed by atoms with Crippen LogP contribution >= 0.6 is 0 Å². The number of benzene rings is 2. The molecule has 0 saturated carbocycles. The minimum absolute atomic E-state index is 0.0573. The van der Waals surface area contributed by atoms with E-state index < -0.39 is 22.0 Å². The van der Waals surface area contributed by atoms with Crippen LogP contribution in [-0.4, -0.2) is 70.8 Å². The second-order valence-electron chi connectivity index (χ2n) is 8.30. The lowest BCUT2D eigenvalue weighted by molar-refractivity contribution is -0.142. The minimum Gasteiger partial charge on any atom is -0.497 e. The van der Waals surface area contributed by atoms with Gasteiger partial charge in [0.2, 0.25) is 0 Å². The normalized spacial score (nSPS) is 16.8. The van der Waals surface area contributed by atoms with Crippen LogP contribution in [0.25, 0.3) is 0 Å². The van der Waals surface area contributed by atoms with E-state index in [0.29, 0.717) is 42.6 Å². The van der Waals surface area contributed by atoms with Gasteiger partial charge >= 0.3 is 5.97 Å². The number of hydrogen-bond donors (Lipinski definition) is 2. The molecule has 0 aromatic heterocycles. The topological polar surface area (TPSA) is 108 Å². The van der Waals surface area contributed by atoms with Crippen LogP contribution in [0.4, 0.5) is 11.4 Å². The molecule has 1 aliphatic heterocycles. The Hall–Kier alpha value is -2.98. The van der Waals surface area contributed by atoms with Crippen LogP contribution in [-0.2, 0) is 14.8 Å². The number of unbranched alkanes of at least 4 members (excludes halogenated alkanes) is 2. The molecule has 0 bridgehead atoms. The van der Waals surface area contributed by atoms with Gasteiger partial charge in [0, 0.05) is 31.4 Å². The van der Waals surface area contributed by atoms with Gasteiger partial charge in [-0.25, -0.2) is 8.42 Å².